The third-order valence-corrected chi connectivity index (χ3v) is 5.75. The molecule has 0 bridgehead atoms. The molecule has 5 nitrogen and oxygen atoms in total. The molecule has 2 aromatic rings. The van der Waals surface area contributed by atoms with Gasteiger partial charge in [0.05, 0.1) is 11.6 Å². The lowest BCUT2D eigenvalue weighted by molar-refractivity contribution is -0.143. The summed E-state index contributed by atoms with van der Waals surface area (Å²) in [6.07, 6.45) is 6.82. The number of piperidine rings is 1. The molecule has 3 heterocycles. The Morgan fingerprint density at radius 1 is 1.07 bits per heavy atom. The molecule has 0 atom stereocenters. The molecule has 0 radical (unpaired) electrons. The molecule has 142 valence electrons. The Hall–Kier alpha value is -2.40. The van der Waals surface area contributed by atoms with Crippen molar-refractivity contribution in [2.24, 2.45) is 0 Å². The highest BCUT2D eigenvalue weighted by Crippen LogP contribution is 2.37. The van der Waals surface area contributed by atoms with Gasteiger partial charge < -0.3 is 14.4 Å². The van der Waals surface area contributed by atoms with E-state index in [1.807, 2.05) is 35.2 Å². The second-order valence-electron chi connectivity index (χ2n) is 7.36. The standard InChI is InChI=1S/C22H26N2O3/c25-21(22(10-15-26-16-11-22)18-5-2-1-3-6-18)24-13-8-19(9-14-24)27-20-7-4-12-23-17-20/h1-7,12,17,19H,8-11,13-16H2. The summed E-state index contributed by atoms with van der Waals surface area (Å²) in [5, 5.41) is 0. The summed E-state index contributed by atoms with van der Waals surface area (Å²) in [6, 6.07) is 14.0. The Balaban J connectivity index is 1.44. The number of hydrogen-bond acceptors (Lipinski definition) is 4. The Kier molecular flexibility index (Phi) is 5.39. The predicted molar refractivity (Wildman–Crippen MR) is 103 cm³/mol. The van der Waals surface area contributed by atoms with Crippen LogP contribution < -0.4 is 4.74 Å². The van der Waals surface area contributed by atoms with E-state index < -0.39 is 5.41 Å². The van der Waals surface area contributed by atoms with Crippen molar-refractivity contribution in [3.05, 3.63) is 60.4 Å². The van der Waals surface area contributed by atoms with Crippen LogP contribution in [-0.4, -0.2) is 48.2 Å². The molecule has 5 heteroatoms. The number of ether oxygens (including phenoxy) is 2. The number of likely N-dealkylation sites (tertiary alicyclic amines) is 1. The van der Waals surface area contributed by atoms with Crippen LogP contribution in [0.2, 0.25) is 0 Å². The van der Waals surface area contributed by atoms with Gasteiger partial charge in [-0.25, -0.2) is 0 Å². The van der Waals surface area contributed by atoms with Crippen LogP contribution >= 0.6 is 0 Å². The summed E-state index contributed by atoms with van der Waals surface area (Å²) in [5.74, 6) is 1.05. The molecule has 0 spiro atoms. The molecule has 2 saturated heterocycles. The fraction of sp³-hybridized carbons (Fsp3) is 0.455. The fourth-order valence-corrected chi connectivity index (χ4v) is 4.19. The summed E-state index contributed by atoms with van der Waals surface area (Å²) in [6.45, 7) is 2.75. The van der Waals surface area contributed by atoms with E-state index in [0.717, 1.165) is 50.1 Å². The average molecular weight is 366 g/mol. The van der Waals surface area contributed by atoms with Crippen molar-refractivity contribution >= 4 is 5.91 Å². The Morgan fingerprint density at radius 3 is 2.48 bits per heavy atom. The van der Waals surface area contributed by atoms with Crippen LogP contribution in [0.15, 0.2) is 54.9 Å². The maximum atomic E-state index is 13.6. The minimum absolute atomic E-state index is 0.139. The number of carbonyl (C=O) groups excluding carboxylic acids is 1. The van der Waals surface area contributed by atoms with E-state index in [2.05, 4.69) is 17.1 Å². The van der Waals surface area contributed by atoms with Gasteiger partial charge in [-0.3, -0.25) is 9.78 Å². The molecule has 1 aromatic heterocycles. The van der Waals surface area contributed by atoms with Gasteiger partial charge in [0.1, 0.15) is 11.9 Å². The normalized spacial score (nSPS) is 20.2. The molecule has 0 aliphatic carbocycles. The highest BCUT2D eigenvalue weighted by molar-refractivity contribution is 5.88. The van der Waals surface area contributed by atoms with E-state index in [1.54, 1.807) is 12.4 Å². The molecule has 2 fully saturated rings. The first-order valence-corrected chi connectivity index (χ1v) is 9.77. The molecule has 4 rings (SSSR count). The van der Waals surface area contributed by atoms with Crippen molar-refractivity contribution < 1.29 is 14.3 Å². The van der Waals surface area contributed by atoms with E-state index in [1.165, 1.54) is 0 Å². The van der Waals surface area contributed by atoms with Gasteiger partial charge in [-0.05, 0) is 30.5 Å². The number of nitrogens with zero attached hydrogens (tertiary/aromatic N) is 2. The molecular weight excluding hydrogens is 340 g/mol. The fourth-order valence-electron chi connectivity index (χ4n) is 4.19. The summed E-state index contributed by atoms with van der Waals surface area (Å²) in [5.41, 5.74) is 0.670. The number of benzene rings is 1. The monoisotopic (exact) mass is 366 g/mol. The highest BCUT2D eigenvalue weighted by Gasteiger charge is 2.44. The molecule has 0 N–H and O–H groups in total. The number of hydrogen-bond donors (Lipinski definition) is 0. The topological polar surface area (TPSA) is 51.7 Å². The number of rotatable bonds is 4. The molecule has 2 aliphatic rings. The van der Waals surface area contributed by atoms with Crippen LogP contribution in [0, 0.1) is 0 Å². The zero-order valence-corrected chi connectivity index (χ0v) is 15.5. The van der Waals surface area contributed by atoms with Crippen molar-refractivity contribution in [3.63, 3.8) is 0 Å². The quantitative estimate of drug-likeness (QED) is 0.834. The van der Waals surface area contributed by atoms with Crippen LogP contribution in [0.4, 0.5) is 0 Å². The number of aromatic nitrogens is 1. The van der Waals surface area contributed by atoms with Crippen molar-refractivity contribution in [1.82, 2.24) is 9.88 Å². The first-order chi connectivity index (χ1) is 13.3. The van der Waals surface area contributed by atoms with Gasteiger partial charge in [0.25, 0.3) is 0 Å². The van der Waals surface area contributed by atoms with Crippen molar-refractivity contribution in [1.29, 1.82) is 0 Å². The van der Waals surface area contributed by atoms with Gasteiger partial charge in [0.2, 0.25) is 5.91 Å². The largest absolute Gasteiger partial charge is 0.489 e. The molecule has 1 aromatic carbocycles. The lowest BCUT2D eigenvalue weighted by Crippen LogP contribution is -2.53. The third kappa shape index (κ3) is 3.83. The second-order valence-corrected chi connectivity index (χ2v) is 7.36. The van der Waals surface area contributed by atoms with Gasteiger partial charge >= 0.3 is 0 Å². The molecular formula is C22H26N2O3. The number of carbonyl (C=O) groups is 1. The van der Waals surface area contributed by atoms with Gasteiger partial charge in [0.15, 0.2) is 0 Å². The Labute approximate surface area is 160 Å². The van der Waals surface area contributed by atoms with Crippen LogP contribution in [0.3, 0.4) is 0 Å². The van der Waals surface area contributed by atoms with Gasteiger partial charge in [0, 0.05) is 45.3 Å². The minimum atomic E-state index is -0.448. The van der Waals surface area contributed by atoms with E-state index >= 15 is 0 Å². The van der Waals surface area contributed by atoms with Crippen molar-refractivity contribution in [2.45, 2.75) is 37.2 Å². The van der Waals surface area contributed by atoms with E-state index in [9.17, 15) is 4.79 Å². The first kappa shape index (κ1) is 18.0. The maximum absolute atomic E-state index is 13.6. The maximum Gasteiger partial charge on any atom is 0.233 e. The molecule has 0 unspecified atom stereocenters. The van der Waals surface area contributed by atoms with Gasteiger partial charge in [-0.1, -0.05) is 30.3 Å². The average Bonchev–Trinajstić information content (AvgIpc) is 2.76. The first-order valence-electron chi connectivity index (χ1n) is 9.77. The lowest BCUT2D eigenvalue weighted by Gasteiger charge is -2.42. The number of pyridine rings is 1. The third-order valence-electron chi connectivity index (χ3n) is 5.75. The summed E-state index contributed by atoms with van der Waals surface area (Å²) in [4.78, 5) is 19.7. The van der Waals surface area contributed by atoms with Crippen molar-refractivity contribution in [3.8, 4) is 5.75 Å². The van der Waals surface area contributed by atoms with Crippen LogP contribution in [0.5, 0.6) is 5.75 Å². The summed E-state index contributed by atoms with van der Waals surface area (Å²) >= 11 is 0. The predicted octanol–water partition coefficient (Wildman–Crippen LogP) is 3.20. The van der Waals surface area contributed by atoms with E-state index in [0.29, 0.717) is 13.2 Å². The summed E-state index contributed by atoms with van der Waals surface area (Å²) in [7, 11) is 0. The molecule has 27 heavy (non-hydrogen) atoms. The SMILES string of the molecule is O=C(N1CCC(Oc2cccnc2)CC1)C1(c2ccccc2)CCOCC1. The molecule has 1 amide bonds. The zero-order valence-electron chi connectivity index (χ0n) is 15.5. The lowest BCUT2D eigenvalue weighted by atomic mass is 9.72. The Bertz CT molecular complexity index is 737. The van der Waals surface area contributed by atoms with Crippen LogP contribution in [-0.2, 0) is 14.9 Å². The highest BCUT2D eigenvalue weighted by atomic mass is 16.5. The summed E-state index contributed by atoms with van der Waals surface area (Å²) < 4.78 is 11.6. The van der Waals surface area contributed by atoms with Crippen LogP contribution in [0.1, 0.15) is 31.2 Å². The van der Waals surface area contributed by atoms with Crippen LogP contribution in [0.25, 0.3) is 0 Å². The smallest absolute Gasteiger partial charge is 0.233 e. The zero-order chi connectivity index (χ0) is 18.5. The molecule has 2 aliphatic heterocycles. The Morgan fingerprint density at radius 2 is 1.81 bits per heavy atom. The van der Waals surface area contributed by atoms with E-state index in [4.69, 9.17) is 9.47 Å². The molecule has 0 saturated carbocycles. The van der Waals surface area contributed by atoms with Gasteiger partial charge in [-0.15, -0.1) is 0 Å². The second kappa shape index (κ2) is 8.09. The number of amides is 1. The minimum Gasteiger partial charge on any atom is -0.489 e. The van der Waals surface area contributed by atoms with Crippen molar-refractivity contribution in [2.75, 3.05) is 26.3 Å². The van der Waals surface area contributed by atoms with Gasteiger partial charge in [-0.2, -0.15) is 0 Å². The van der Waals surface area contributed by atoms with E-state index in [-0.39, 0.29) is 12.0 Å².